The van der Waals surface area contributed by atoms with Crippen LogP contribution in [0.3, 0.4) is 0 Å². The van der Waals surface area contributed by atoms with Crippen molar-refractivity contribution in [2.75, 3.05) is 25.0 Å². The molecule has 0 unspecified atom stereocenters. The average Bonchev–Trinajstić information content (AvgIpc) is 3.00. The Morgan fingerprint density at radius 2 is 1.19 bits per heavy atom. The van der Waals surface area contributed by atoms with Gasteiger partial charge < -0.3 is 18.4 Å². The Hall–Kier alpha value is -4.53. The van der Waals surface area contributed by atoms with Crippen LogP contribution in [0.4, 0.5) is 5.69 Å². The molecule has 0 fully saturated rings. The van der Waals surface area contributed by atoms with Gasteiger partial charge in [-0.3, -0.25) is 0 Å². The standard InChI is InChI=1S/C29H25NO10S3/c1-37-23-8-12-26(13-9-23)41(31,32)30(42(33,34)27-14-10-24(38-2)11-15-27)22-7-16-28-21(17-22)19-29(43(35,36)40-28)20-5-4-6-25(18-20)39-3/h4-19H,1-3H3. The topological polar surface area (TPSA) is 143 Å². The molecule has 1 aliphatic rings. The lowest BCUT2D eigenvalue weighted by Gasteiger charge is -2.26. The van der Waals surface area contributed by atoms with Gasteiger partial charge in [-0.1, -0.05) is 12.1 Å². The number of anilines is 1. The molecule has 0 aromatic heterocycles. The van der Waals surface area contributed by atoms with Crippen molar-refractivity contribution in [1.29, 1.82) is 0 Å². The molecule has 0 aliphatic carbocycles. The molecule has 224 valence electrons. The number of methoxy groups -OCH3 is 3. The zero-order valence-corrected chi connectivity index (χ0v) is 25.4. The number of fused-ring (bicyclic) bond motifs is 1. The second kappa shape index (κ2) is 11.3. The second-order valence-electron chi connectivity index (χ2n) is 9.06. The minimum Gasteiger partial charge on any atom is -0.497 e. The first kappa shape index (κ1) is 29.9. The van der Waals surface area contributed by atoms with Gasteiger partial charge in [0.05, 0.1) is 36.8 Å². The zero-order valence-electron chi connectivity index (χ0n) is 23.0. The van der Waals surface area contributed by atoms with Gasteiger partial charge in [-0.2, -0.15) is 12.1 Å². The molecule has 0 atom stereocenters. The molecular weight excluding hydrogens is 619 g/mol. The highest BCUT2D eigenvalue weighted by Crippen LogP contribution is 2.40. The molecule has 4 aromatic carbocycles. The molecule has 4 aromatic rings. The van der Waals surface area contributed by atoms with Gasteiger partial charge >= 0.3 is 10.1 Å². The van der Waals surface area contributed by atoms with Crippen molar-refractivity contribution < 1.29 is 43.6 Å². The molecule has 1 heterocycles. The van der Waals surface area contributed by atoms with Crippen LogP contribution in [0.25, 0.3) is 11.0 Å². The second-order valence-corrected chi connectivity index (χ2v) is 14.4. The molecule has 0 saturated heterocycles. The van der Waals surface area contributed by atoms with Gasteiger partial charge in [-0.25, -0.2) is 16.8 Å². The average molecular weight is 644 g/mol. The zero-order chi connectivity index (χ0) is 31.0. The third kappa shape index (κ3) is 5.63. The summed E-state index contributed by atoms with van der Waals surface area (Å²) >= 11 is 0. The van der Waals surface area contributed by atoms with Gasteiger partial charge in [0.25, 0.3) is 20.0 Å². The largest absolute Gasteiger partial charge is 0.497 e. The molecule has 0 bridgehead atoms. The fourth-order valence-corrected chi connectivity index (χ4v) is 9.15. The lowest BCUT2D eigenvalue weighted by molar-refractivity contribution is 0.414. The van der Waals surface area contributed by atoms with Crippen LogP contribution in [-0.4, -0.2) is 46.6 Å². The Kier molecular flexibility index (Phi) is 7.86. The Morgan fingerprint density at radius 1 is 0.651 bits per heavy atom. The Labute approximate surface area is 249 Å². The normalized spacial score (nSPS) is 14.1. The van der Waals surface area contributed by atoms with Gasteiger partial charge in [0.15, 0.2) is 0 Å². The van der Waals surface area contributed by atoms with E-state index in [4.69, 9.17) is 18.4 Å². The van der Waals surface area contributed by atoms with Gasteiger partial charge in [0, 0.05) is 11.1 Å². The molecule has 0 radical (unpaired) electrons. The Balaban J connectivity index is 1.71. The molecule has 0 spiro atoms. The first-order valence-corrected chi connectivity index (χ1v) is 16.7. The SMILES string of the molecule is COc1ccc(S(=O)(=O)N(c2ccc3c(c2)C=C(c2cccc(OC)c2)S(=O)(=O)O3)S(=O)(=O)c2ccc(OC)cc2)cc1. The predicted molar refractivity (Wildman–Crippen MR) is 160 cm³/mol. The van der Waals surface area contributed by atoms with Gasteiger partial charge in [0.2, 0.25) is 0 Å². The van der Waals surface area contributed by atoms with Crippen LogP contribution in [0.2, 0.25) is 0 Å². The van der Waals surface area contributed by atoms with Crippen molar-refractivity contribution in [3.63, 3.8) is 0 Å². The van der Waals surface area contributed by atoms with E-state index >= 15 is 0 Å². The van der Waals surface area contributed by atoms with Crippen LogP contribution in [0, 0.1) is 0 Å². The summed E-state index contributed by atoms with van der Waals surface area (Å²) in [4.78, 5) is -0.872. The van der Waals surface area contributed by atoms with Crippen molar-refractivity contribution >= 4 is 46.8 Å². The first-order valence-electron chi connectivity index (χ1n) is 12.4. The summed E-state index contributed by atoms with van der Waals surface area (Å²) in [5, 5.41) is 0. The number of nitrogens with zero attached hydrogens (tertiary/aromatic N) is 1. The summed E-state index contributed by atoms with van der Waals surface area (Å²) in [7, 11) is -9.55. The van der Waals surface area contributed by atoms with Crippen molar-refractivity contribution in [2.45, 2.75) is 9.79 Å². The number of rotatable bonds is 9. The van der Waals surface area contributed by atoms with E-state index in [1.54, 1.807) is 18.2 Å². The predicted octanol–water partition coefficient (Wildman–Crippen LogP) is 4.52. The van der Waals surface area contributed by atoms with Crippen molar-refractivity contribution in [3.8, 4) is 23.0 Å². The summed E-state index contributed by atoms with van der Waals surface area (Å²) in [6.07, 6.45) is 1.28. The number of hydrogen-bond acceptors (Lipinski definition) is 10. The highest BCUT2D eigenvalue weighted by atomic mass is 32.3. The number of ether oxygens (including phenoxy) is 3. The summed E-state index contributed by atoms with van der Waals surface area (Å²) in [5.74, 6) is 1.02. The lowest BCUT2D eigenvalue weighted by atomic mass is 10.1. The van der Waals surface area contributed by atoms with Gasteiger partial charge in [-0.05, 0) is 84.9 Å². The summed E-state index contributed by atoms with van der Waals surface area (Å²) < 4.78 is 103. The van der Waals surface area contributed by atoms with Gasteiger partial charge in [0.1, 0.15) is 27.9 Å². The molecule has 0 N–H and O–H groups in total. The van der Waals surface area contributed by atoms with Crippen LogP contribution >= 0.6 is 0 Å². The fourth-order valence-electron chi connectivity index (χ4n) is 4.31. The lowest BCUT2D eigenvalue weighted by Crippen LogP contribution is -2.37. The maximum atomic E-state index is 14.0. The van der Waals surface area contributed by atoms with Crippen LogP contribution in [0.15, 0.2) is 101 Å². The van der Waals surface area contributed by atoms with Crippen molar-refractivity contribution in [3.05, 3.63) is 102 Å². The third-order valence-electron chi connectivity index (χ3n) is 6.47. The van der Waals surface area contributed by atoms with E-state index in [9.17, 15) is 25.3 Å². The highest BCUT2D eigenvalue weighted by Gasteiger charge is 2.38. The van der Waals surface area contributed by atoms with Crippen molar-refractivity contribution in [2.24, 2.45) is 0 Å². The van der Waals surface area contributed by atoms with Crippen LogP contribution in [0.5, 0.6) is 23.0 Å². The smallest absolute Gasteiger partial charge is 0.339 e. The van der Waals surface area contributed by atoms with E-state index in [0.717, 1.165) is 6.07 Å². The molecule has 5 rings (SSSR count). The van der Waals surface area contributed by atoms with Crippen LogP contribution in [-0.2, 0) is 30.2 Å². The fraction of sp³-hybridized carbons (Fsp3) is 0.103. The molecule has 1 aliphatic heterocycles. The van der Waals surface area contributed by atoms with E-state index in [1.807, 2.05) is 0 Å². The van der Waals surface area contributed by atoms with E-state index in [2.05, 4.69) is 0 Å². The number of sulfonamides is 2. The van der Waals surface area contributed by atoms with Crippen LogP contribution in [0.1, 0.15) is 11.1 Å². The number of benzene rings is 4. The summed E-state index contributed by atoms with van der Waals surface area (Å²) in [5.41, 5.74) is 0.100. The Bertz CT molecular complexity index is 1960. The molecule has 11 nitrogen and oxygen atoms in total. The van der Waals surface area contributed by atoms with E-state index in [-0.39, 0.29) is 37.3 Å². The first-order chi connectivity index (χ1) is 20.4. The monoisotopic (exact) mass is 643 g/mol. The highest BCUT2D eigenvalue weighted by molar-refractivity contribution is 8.10. The van der Waals surface area contributed by atoms with Crippen LogP contribution < -0.4 is 22.1 Å². The molecule has 43 heavy (non-hydrogen) atoms. The molecular formula is C29H25NO10S3. The Morgan fingerprint density at radius 3 is 1.70 bits per heavy atom. The minimum atomic E-state index is -4.76. The molecule has 0 amide bonds. The van der Waals surface area contributed by atoms with E-state index < -0.39 is 30.2 Å². The van der Waals surface area contributed by atoms with Gasteiger partial charge in [-0.15, -0.1) is 0 Å². The molecule has 14 heteroatoms. The maximum absolute atomic E-state index is 14.0. The van der Waals surface area contributed by atoms with Crippen molar-refractivity contribution in [1.82, 2.24) is 0 Å². The third-order valence-corrected chi connectivity index (χ3v) is 12.0. The summed E-state index contributed by atoms with van der Waals surface area (Å²) in [6, 6.07) is 20.3. The number of hydrogen-bond donors (Lipinski definition) is 0. The summed E-state index contributed by atoms with van der Waals surface area (Å²) in [6.45, 7) is 0. The molecule has 0 saturated carbocycles. The van der Waals surface area contributed by atoms with E-state index in [0.29, 0.717) is 21.0 Å². The quantitative estimate of drug-likeness (QED) is 0.239. The van der Waals surface area contributed by atoms with E-state index in [1.165, 1.54) is 94.1 Å². The maximum Gasteiger partial charge on any atom is 0.339 e. The minimum absolute atomic E-state index is 0.112.